The number of ketones is 2. The summed E-state index contributed by atoms with van der Waals surface area (Å²) in [5.74, 6) is -2.74. The number of benzene rings is 5. The van der Waals surface area contributed by atoms with E-state index in [1.165, 1.54) is 0 Å². The van der Waals surface area contributed by atoms with Crippen molar-refractivity contribution in [1.82, 2.24) is 0 Å². The lowest BCUT2D eigenvalue weighted by molar-refractivity contribution is -0.216. The number of fused-ring (bicyclic) bond motifs is 4. The summed E-state index contributed by atoms with van der Waals surface area (Å²) in [4.78, 5) is 29.5. The van der Waals surface area contributed by atoms with E-state index in [2.05, 4.69) is 0 Å². The van der Waals surface area contributed by atoms with E-state index in [-0.39, 0.29) is 11.6 Å². The molecule has 2 aliphatic carbocycles. The van der Waals surface area contributed by atoms with Crippen molar-refractivity contribution < 1.29 is 24.2 Å². The Kier molecular flexibility index (Phi) is 5.61. The van der Waals surface area contributed by atoms with E-state index in [4.69, 9.17) is 9.47 Å². The zero-order valence-corrected chi connectivity index (χ0v) is 23.4. The summed E-state index contributed by atoms with van der Waals surface area (Å²) in [5, 5.41) is 13.9. The van der Waals surface area contributed by atoms with Gasteiger partial charge in [-0.1, -0.05) is 127 Å². The SMILES string of the molecule is COc1c2c(c(C(=O)c3ccccc3)c3ccccc13)C1C=CC3C(O)(c4ccccc4)OC2C13C(=O)c1ccccc1. The lowest BCUT2D eigenvalue weighted by atomic mass is 9.64. The average Bonchev–Trinajstić information content (AvgIpc) is 3.69. The molecule has 3 aliphatic rings. The van der Waals surface area contributed by atoms with Gasteiger partial charge in [-0.25, -0.2) is 0 Å². The van der Waals surface area contributed by atoms with Crippen molar-refractivity contribution in [2.24, 2.45) is 11.3 Å². The number of hydrogen-bond donors (Lipinski definition) is 1. The Bertz CT molecular complexity index is 1950. The molecule has 0 radical (unpaired) electrons. The molecule has 0 bridgehead atoms. The average molecular weight is 565 g/mol. The van der Waals surface area contributed by atoms with Crippen LogP contribution in [0.15, 0.2) is 127 Å². The number of allylic oxidation sites excluding steroid dienone is 1. The summed E-state index contributed by atoms with van der Waals surface area (Å²) < 4.78 is 12.9. The Balaban J connectivity index is 1.48. The van der Waals surface area contributed by atoms with E-state index in [0.29, 0.717) is 33.6 Å². The van der Waals surface area contributed by atoms with Gasteiger partial charge in [0, 0.05) is 39.1 Å². The smallest absolute Gasteiger partial charge is 0.200 e. The van der Waals surface area contributed by atoms with Crippen LogP contribution in [0, 0.1) is 11.3 Å². The van der Waals surface area contributed by atoms with E-state index in [1.807, 2.05) is 115 Å². The molecule has 8 rings (SSSR count). The Morgan fingerprint density at radius 3 is 1.95 bits per heavy atom. The van der Waals surface area contributed by atoms with Crippen molar-refractivity contribution in [2.45, 2.75) is 17.8 Å². The first kappa shape index (κ1) is 25.8. The lowest BCUT2D eigenvalue weighted by Gasteiger charge is -2.34. The monoisotopic (exact) mass is 564 g/mol. The molecule has 5 aromatic carbocycles. The third-order valence-electron chi connectivity index (χ3n) is 9.58. The van der Waals surface area contributed by atoms with Crippen LogP contribution in [-0.2, 0) is 10.5 Å². The molecule has 1 saturated heterocycles. The summed E-state index contributed by atoms with van der Waals surface area (Å²) in [6.07, 6.45) is 3.03. The maximum Gasteiger partial charge on any atom is 0.200 e. The van der Waals surface area contributed by atoms with Crippen molar-refractivity contribution >= 4 is 22.3 Å². The quantitative estimate of drug-likeness (QED) is 0.175. The summed E-state index contributed by atoms with van der Waals surface area (Å²) in [7, 11) is 1.60. The number of carbonyl (C=O) groups excluding carboxylic acids is 2. The Morgan fingerprint density at radius 2 is 1.30 bits per heavy atom. The molecule has 0 amide bonds. The van der Waals surface area contributed by atoms with E-state index in [9.17, 15) is 14.7 Å². The first-order chi connectivity index (χ1) is 21.0. The molecule has 1 heterocycles. The minimum Gasteiger partial charge on any atom is -0.496 e. The molecule has 1 aliphatic heterocycles. The molecular formula is C38H28O5. The van der Waals surface area contributed by atoms with Crippen molar-refractivity contribution in [2.75, 3.05) is 7.11 Å². The zero-order chi connectivity index (χ0) is 29.3. The molecule has 5 unspecified atom stereocenters. The van der Waals surface area contributed by atoms with Crippen LogP contribution in [0.5, 0.6) is 5.75 Å². The largest absolute Gasteiger partial charge is 0.496 e. The van der Waals surface area contributed by atoms with Gasteiger partial charge >= 0.3 is 0 Å². The summed E-state index contributed by atoms with van der Waals surface area (Å²) in [6.45, 7) is 0. The van der Waals surface area contributed by atoms with Crippen LogP contribution in [0.2, 0.25) is 0 Å². The predicted octanol–water partition coefficient (Wildman–Crippen LogP) is 7.15. The zero-order valence-electron chi connectivity index (χ0n) is 23.4. The standard InChI is InChI=1S/C38H28O5/c1-42-34-27-20-12-11-19-26(27)30(33(39)23-13-5-2-6-14-23)31-28-21-22-29-37(28,35(40)24-15-7-3-8-16-24)36(32(31)34)43-38(29,41)25-17-9-4-10-18-25/h2-22,28-29,36,41H,1H3. The second-order valence-electron chi connectivity index (χ2n) is 11.5. The van der Waals surface area contributed by atoms with Crippen LogP contribution in [0.25, 0.3) is 10.8 Å². The first-order valence-corrected chi connectivity index (χ1v) is 14.5. The van der Waals surface area contributed by atoms with Gasteiger partial charge in [0.05, 0.1) is 18.4 Å². The van der Waals surface area contributed by atoms with Gasteiger partial charge in [0.25, 0.3) is 0 Å². The highest BCUT2D eigenvalue weighted by Crippen LogP contribution is 2.75. The van der Waals surface area contributed by atoms with Crippen molar-refractivity contribution in [3.05, 3.63) is 161 Å². The van der Waals surface area contributed by atoms with Crippen LogP contribution < -0.4 is 4.74 Å². The first-order valence-electron chi connectivity index (χ1n) is 14.5. The minimum atomic E-state index is -1.78. The number of carbonyl (C=O) groups is 2. The fourth-order valence-corrected chi connectivity index (χ4v) is 7.89. The third kappa shape index (κ3) is 3.29. The lowest BCUT2D eigenvalue weighted by Crippen LogP contribution is -2.42. The highest BCUT2D eigenvalue weighted by atomic mass is 16.6. The molecule has 5 nitrogen and oxygen atoms in total. The highest BCUT2D eigenvalue weighted by Gasteiger charge is 2.75. The number of methoxy groups -OCH3 is 1. The molecule has 0 saturated carbocycles. The van der Waals surface area contributed by atoms with Gasteiger partial charge in [0.1, 0.15) is 11.9 Å². The molecule has 43 heavy (non-hydrogen) atoms. The topological polar surface area (TPSA) is 72.8 Å². The number of Topliss-reactive ketones (excluding diaryl/α,β-unsaturated/α-hetero) is 1. The third-order valence-corrected chi connectivity index (χ3v) is 9.58. The molecule has 1 N–H and O–H groups in total. The van der Waals surface area contributed by atoms with Gasteiger partial charge in [-0.15, -0.1) is 0 Å². The van der Waals surface area contributed by atoms with Gasteiger partial charge < -0.3 is 14.6 Å². The van der Waals surface area contributed by atoms with E-state index >= 15 is 0 Å². The van der Waals surface area contributed by atoms with E-state index in [0.717, 1.165) is 16.3 Å². The Hall–Kier alpha value is -4.84. The molecule has 0 aromatic heterocycles. The molecule has 5 atom stereocenters. The minimum absolute atomic E-state index is 0.131. The fourth-order valence-electron chi connectivity index (χ4n) is 7.89. The van der Waals surface area contributed by atoms with Crippen LogP contribution in [0.3, 0.4) is 0 Å². The van der Waals surface area contributed by atoms with E-state index < -0.39 is 29.1 Å². The molecule has 210 valence electrons. The van der Waals surface area contributed by atoms with Gasteiger partial charge in [-0.05, 0) is 10.9 Å². The molecule has 5 aromatic rings. The predicted molar refractivity (Wildman–Crippen MR) is 163 cm³/mol. The van der Waals surface area contributed by atoms with Crippen molar-refractivity contribution in [3.8, 4) is 5.75 Å². The summed E-state index contributed by atoms with van der Waals surface area (Å²) in [6, 6.07) is 35.3. The van der Waals surface area contributed by atoms with Crippen molar-refractivity contribution in [1.29, 1.82) is 0 Å². The summed E-state index contributed by atoms with van der Waals surface area (Å²) in [5.41, 5.74) is 2.32. The number of ether oxygens (including phenoxy) is 2. The van der Waals surface area contributed by atoms with Crippen LogP contribution in [0.1, 0.15) is 55.0 Å². The maximum atomic E-state index is 15.0. The van der Waals surface area contributed by atoms with Gasteiger partial charge in [0.15, 0.2) is 11.6 Å². The molecule has 1 fully saturated rings. The molecule has 5 heteroatoms. The van der Waals surface area contributed by atoms with Crippen molar-refractivity contribution in [3.63, 3.8) is 0 Å². The van der Waals surface area contributed by atoms with E-state index in [1.54, 1.807) is 19.2 Å². The van der Waals surface area contributed by atoms with Gasteiger partial charge in [-0.2, -0.15) is 0 Å². The van der Waals surface area contributed by atoms with Crippen LogP contribution in [0.4, 0.5) is 0 Å². The maximum absolute atomic E-state index is 15.0. The Labute approximate surface area is 249 Å². The van der Waals surface area contributed by atoms with Gasteiger partial charge in [0.2, 0.25) is 5.79 Å². The second kappa shape index (κ2) is 9.33. The Morgan fingerprint density at radius 1 is 0.721 bits per heavy atom. The number of aliphatic hydroxyl groups is 1. The molecule has 0 spiro atoms. The van der Waals surface area contributed by atoms with Gasteiger partial charge in [-0.3, -0.25) is 9.59 Å². The van der Waals surface area contributed by atoms with Crippen LogP contribution in [-0.4, -0.2) is 23.8 Å². The van der Waals surface area contributed by atoms with Crippen LogP contribution >= 0.6 is 0 Å². The number of hydrogen-bond acceptors (Lipinski definition) is 5. The summed E-state index contributed by atoms with van der Waals surface area (Å²) >= 11 is 0. The fraction of sp³-hybridized carbons (Fsp3) is 0.158. The normalized spacial score (nSPS) is 26.3. The number of rotatable bonds is 6. The second-order valence-corrected chi connectivity index (χ2v) is 11.5. The molecular weight excluding hydrogens is 536 g/mol. The highest BCUT2D eigenvalue weighted by molar-refractivity contribution is 6.20.